The minimum Gasteiger partial charge on any atom is -0.355 e. The Labute approximate surface area is 179 Å². The van der Waals surface area contributed by atoms with E-state index in [0.717, 1.165) is 52.2 Å². The Balaban J connectivity index is 1.36. The molecule has 0 saturated heterocycles. The van der Waals surface area contributed by atoms with Crippen LogP contribution in [0.5, 0.6) is 0 Å². The van der Waals surface area contributed by atoms with E-state index in [-0.39, 0.29) is 18.1 Å². The van der Waals surface area contributed by atoms with E-state index in [0.29, 0.717) is 0 Å². The summed E-state index contributed by atoms with van der Waals surface area (Å²) in [5.74, 6) is 0.419. The van der Waals surface area contributed by atoms with Crippen LogP contribution >= 0.6 is 0 Å². The van der Waals surface area contributed by atoms with Crippen molar-refractivity contribution in [1.29, 1.82) is 0 Å². The van der Waals surface area contributed by atoms with Gasteiger partial charge in [0.05, 0.1) is 6.42 Å². The molecule has 1 heterocycles. The summed E-state index contributed by atoms with van der Waals surface area (Å²) in [6.45, 7) is 0. The van der Waals surface area contributed by atoms with Crippen molar-refractivity contribution in [3.8, 4) is 22.6 Å². The summed E-state index contributed by atoms with van der Waals surface area (Å²) in [6, 6.07) is 22.0. The van der Waals surface area contributed by atoms with E-state index < -0.39 is 0 Å². The molecule has 4 nitrogen and oxygen atoms in total. The van der Waals surface area contributed by atoms with Gasteiger partial charge in [-0.25, -0.2) is 4.39 Å². The molecule has 0 radical (unpaired) electrons. The lowest BCUT2D eigenvalue weighted by Crippen LogP contribution is -2.27. The van der Waals surface area contributed by atoms with Crippen molar-refractivity contribution >= 4 is 11.6 Å². The summed E-state index contributed by atoms with van der Waals surface area (Å²) in [7, 11) is 1.74. The number of rotatable bonds is 4. The monoisotopic (exact) mass is 412 g/mol. The number of carbonyl (C=O) groups excluding carboxylic acids is 1. The van der Waals surface area contributed by atoms with Gasteiger partial charge in [0.25, 0.3) is 0 Å². The second-order valence-corrected chi connectivity index (χ2v) is 7.80. The molecule has 0 N–H and O–H groups in total. The first kappa shape index (κ1) is 19.2. The first-order chi connectivity index (χ1) is 15.1. The number of hydrogen-bond acceptors (Lipinski definition) is 3. The second kappa shape index (κ2) is 7.84. The van der Waals surface area contributed by atoms with Gasteiger partial charge in [-0.3, -0.25) is 4.79 Å². The van der Waals surface area contributed by atoms with Crippen LogP contribution in [0, 0.1) is 5.82 Å². The van der Waals surface area contributed by atoms with Gasteiger partial charge in [-0.2, -0.15) is 0 Å². The number of benzene rings is 3. The molecule has 0 bridgehead atoms. The smallest absolute Gasteiger partial charge is 0.231 e. The van der Waals surface area contributed by atoms with Crippen LogP contribution in [-0.2, 0) is 24.1 Å². The summed E-state index contributed by atoms with van der Waals surface area (Å²) >= 11 is 0. The topological polar surface area (TPSA) is 46.3 Å². The molecule has 1 amide bonds. The molecule has 0 unspecified atom stereocenters. The predicted molar refractivity (Wildman–Crippen MR) is 118 cm³/mol. The fourth-order valence-electron chi connectivity index (χ4n) is 4.08. The SMILES string of the molecule is CN(C(=O)Cc1ccc(F)cc1)c1ccc(-c2onc3c2CCc2ccccc2-3)cc1. The Hall–Kier alpha value is -3.73. The lowest BCUT2D eigenvalue weighted by molar-refractivity contribution is -0.117. The maximum atomic E-state index is 13.1. The third-order valence-electron chi connectivity index (χ3n) is 5.86. The predicted octanol–water partition coefficient (Wildman–Crippen LogP) is 5.45. The zero-order valence-corrected chi connectivity index (χ0v) is 17.1. The Morgan fingerprint density at radius 3 is 2.52 bits per heavy atom. The quantitative estimate of drug-likeness (QED) is 0.448. The molecule has 1 aliphatic carbocycles. The molecule has 31 heavy (non-hydrogen) atoms. The van der Waals surface area contributed by atoms with E-state index >= 15 is 0 Å². The summed E-state index contributed by atoms with van der Waals surface area (Å²) in [5.41, 5.74) is 7.00. The standard InChI is InChI=1S/C26H21FN2O2/c1-29(24(30)16-17-6-11-20(27)12-7-17)21-13-8-19(9-14-21)26-23-15-10-18-4-2-3-5-22(18)25(23)28-31-26/h2-9,11-14H,10,15-16H2,1H3. The molecule has 0 spiro atoms. The molecular formula is C26H21FN2O2. The maximum Gasteiger partial charge on any atom is 0.231 e. The fraction of sp³-hybridized carbons (Fsp3) is 0.154. The van der Waals surface area contributed by atoms with Gasteiger partial charge in [0.15, 0.2) is 5.76 Å². The van der Waals surface area contributed by atoms with Crippen molar-refractivity contribution in [3.63, 3.8) is 0 Å². The van der Waals surface area contributed by atoms with Crippen LogP contribution < -0.4 is 4.90 Å². The molecule has 0 saturated carbocycles. The number of carbonyl (C=O) groups is 1. The Kier molecular flexibility index (Phi) is 4.86. The first-order valence-electron chi connectivity index (χ1n) is 10.3. The number of halogens is 1. The highest BCUT2D eigenvalue weighted by Gasteiger charge is 2.24. The van der Waals surface area contributed by atoms with Gasteiger partial charge in [0, 0.05) is 29.4 Å². The number of anilines is 1. The third-order valence-corrected chi connectivity index (χ3v) is 5.86. The summed E-state index contributed by atoms with van der Waals surface area (Å²) in [4.78, 5) is 14.2. The fourth-order valence-corrected chi connectivity index (χ4v) is 4.08. The van der Waals surface area contributed by atoms with Gasteiger partial charge < -0.3 is 9.42 Å². The lowest BCUT2D eigenvalue weighted by atomic mass is 9.88. The van der Waals surface area contributed by atoms with Crippen LogP contribution in [0.3, 0.4) is 0 Å². The van der Waals surface area contributed by atoms with Crippen LogP contribution in [0.15, 0.2) is 77.3 Å². The molecule has 3 aromatic carbocycles. The molecule has 5 heteroatoms. The van der Waals surface area contributed by atoms with Crippen LogP contribution in [-0.4, -0.2) is 18.1 Å². The Morgan fingerprint density at radius 2 is 1.74 bits per heavy atom. The highest BCUT2D eigenvalue weighted by Crippen LogP contribution is 2.38. The van der Waals surface area contributed by atoms with Gasteiger partial charge in [-0.1, -0.05) is 41.6 Å². The van der Waals surface area contributed by atoms with Gasteiger partial charge in [-0.05, 0) is 60.4 Å². The zero-order valence-electron chi connectivity index (χ0n) is 17.1. The summed E-state index contributed by atoms with van der Waals surface area (Å²) < 4.78 is 18.8. The number of amides is 1. The summed E-state index contributed by atoms with van der Waals surface area (Å²) in [6.07, 6.45) is 2.08. The normalized spacial score (nSPS) is 12.2. The third kappa shape index (κ3) is 3.63. The maximum absolute atomic E-state index is 13.1. The van der Waals surface area contributed by atoms with E-state index in [2.05, 4.69) is 23.4 Å². The average molecular weight is 412 g/mol. The van der Waals surface area contributed by atoms with Crippen molar-refractivity contribution < 1.29 is 13.7 Å². The van der Waals surface area contributed by atoms with Crippen molar-refractivity contribution in [2.75, 3.05) is 11.9 Å². The zero-order chi connectivity index (χ0) is 21.4. The molecule has 0 atom stereocenters. The number of hydrogen-bond donors (Lipinski definition) is 0. The van der Waals surface area contributed by atoms with E-state index in [4.69, 9.17) is 4.52 Å². The second-order valence-electron chi connectivity index (χ2n) is 7.80. The van der Waals surface area contributed by atoms with Gasteiger partial charge in [0.2, 0.25) is 5.91 Å². The van der Waals surface area contributed by atoms with Crippen molar-refractivity contribution in [2.45, 2.75) is 19.3 Å². The molecule has 5 rings (SSSR count). The largest absolute Gasteiger partial charge is 0.355 e. The van der Waals surface area contributed by atoms with E-state index in [1.165, 1.54) is 17.7 Å². The average Bonchev–Trinajstić information content (AvgIpc) is 3.25. The number of aromatic nitrogens is 1. The highest BCUT2D eigenvalue weighted by molar-refractivity contribution is 5.94. The minimum atomic E-state index is -0.307. The van der Waals surface area contributed by atoms with Crippen molar-refractivity contribution in [1.82, 2.24) is 5.16 Å². The van der Waals surface area contributed by atoms with Crippen molar-refractivity contribution in [2.24, 2.45) is 0 Å². The highest BCUT2D eigenvalue weighted by atomic mass is 19.1. The molecular weight excluding hydrogens is 391 g/mol. The number of nitrogens with zero attached hydrogens (tertiary/aromatic N) is 2. The molecule has 1 aliphatic rings. The van der Waals surface area contributed by atoms with Crippen molar-refractivity contribution in [3.05, 3.63) is 95.3 Å². The molecule has 4 aromatic rings. The van der Waals surface area contributed by atoms with Gasteiger partial charge >= 0.3 is 0 Å². The Morgan fingerprint density at radius 1 is 1.00 bits per heavy atom. The van der Waals surface area contributed by atoms with E-state index in [1.807, 2.05) is 30.3 Å². The van der Waals surface area contributed by atoms with Crippen LogP contribution in [0.2, 0.25) is 0 Å². The van der Waals surface area contributed by atoms with Crippen LogP contribution in [0.4, 0.5) is 10.1 Å². The number of aryl methyl sites for hydroxylation is 1. The van der Waals surface area contributed by atoms with Crippen LogP contribution in [0.1, 0.15) is 16.7 Å². The molecule has 0 fully saturated rings. The van der Waals surface area contributed by atoms with Gasteiger partial charge in [-0.15, -0.1) is 0 Å². The molecule has 1 aromatic heterocycles. The Bertz CT molecular complexity index is 1240. The number of fused-ring (bicyclic) bond motifs is 3. The van der Waals surface area contributed by atoms with Crippen LogP contribution in [0.25, 0.3) is 22.6 Å². The van der Waals surface area contributed by atoms with E-state index in [1.54, 1.807) is 24.1 Å². The summed E-state index contributed by atoms with van der Waals surface area (Å²) in [5, 5.41) is 4.35. The number of likely N-dealkylation sites (N-methyl/N-ethyl adjacent to an activating group) is 1. The lowest BCUT2D eigenvalue weighted by Gasteiger charge is -2.18. The molecule has 154 valence electrons. The first-order valence-corrected chi connectivity index (χ1v) is 10.3. The molecule has 0 aliphatic heterocycles. The minimum absolute atomic E-state index is 0.0620. The van der Waals surface area contributed by atoms with Gasteiger partial charge in [0.1, 0.15) is 11.5 Å². The van der Waals surface area contributed by atoms with E-state index in [9.17, 15) is 9.18 Å².